The van der Waals surface area contributed by atoms with Gasteiger partial charge in [-0.1, -0.05) is 48.0 Å². The van der Waals surface area contributed by atoms with Crippen LogP contribution in [0.25, 0.3) is 0 Å². The van der Waals surface area contributed by atoms with E-state index in [4.69, 9.17) is 13.6 Å². The largest absolute Gasteiger partial charge is 0.519 e. The van der Waals surface area contributed by atoms with Gasteiger partial charge in [-0.3, -0.25) is 9.59 Å². The molecule has 0 saturated heterocycles. The topological polar surface area (TPSA) is 90.9 Å². The Bertz CT molecular complexity index is 620. The predicted molar refractivity (Wildman–Crippen MR) is 129 cm³/mol. The number of carbonyl (C=O) groups excluding carboxylic acids is 3. The van der Waals surface area contributed by atoms with Gasteiger partial charge in [-0.2, -0.15) is 0 Å². The van der Waals surface area contributed by atoms with Crippen LogP contribution in [0.3, 0.4) is 0 Å². The van der Waals surface area contributed by atoms with Crippen molar-refractivity contribution in [2.45, 2.75) is 116 Å². The molecule has 0 heterocycles. The fourth-order valence-electron chi connectivity index (χ4n) is 2.15. The molecule has 0 saturated carbocycles. The molecule has 9 heteroatoms. The van der Waals surface area contributed by atoms with Crippen LogP contribution in [0.5, 0.6) is 0 Å². The quantitative estimate of drug-likeness (QED) is 0.319. The molecule has 0 rings (SSSR count). The van der Waals surface area contributed by atoms with Gasteiger partial charge in [-0.25, -0.2) is 4.79 Å². The Balaban J connectivity index is 4.92. The van der Waals surface area contributed by atoms with Crippen LogP contribution < -0.4 is 5.32 Å². The summed E-state index contributed by atoms with van der Waals surface area (Å²) in [5.41, 5.74) is 0. The smallest absolute Gasteiger partial charge is 0.407 e. The van der Waals surface area contributed by atoms with E-state index in [2.05, 4.69) is 26.1 Å². The van der Waals surface area contributed by atoms with Gasteiger partial charge in [0.1, 0.15) is 6.04 Å². The van der Waals surface area contributed by atoms with Gasteiger partial charge in [-0.05, 0) is 56.0 Å². The summed E-state index contributed by atoms with van der Waals surface area (Å²) in [5.74, 6) is -0.645. The number of nitrogens with one attached hydrogen (secondary N) is 1. The van der Waals surface area contributed by atoms with E-state index in [-0.39, 0.29) is 29.1 Å². The van der Waals surface area contributed by atoms with E-state index in [0.29, 0.717) is 19.3 Å². The Kier molecular flexibility index (Phi) is 11.0. The third-order valence-electron chi connectivity index (χ3n) is 6.31. The molecule has 0 aromatic heterocycles. The first-order chi connectivity index (χ1) is 13.8. The molecule has 0 bridgehead atoms. The van der Waals surface area contributed by atoms with Crippen LogP contribution in [0, 0.1) is 0 Å². The number of alkyl carbamates (subject to hydrolysis) is 1. The normalized spacial score (nSPS) is 13.9. The molecule has 1 unspecified atom stereocenters. The van der Waals surface area contributed by atoms with Crippen molar-refractivity contribution in [3.63, 3.8) is 0 Å². The molecule has 0 aromatic rings. The summed E-state index contributed by atoms with van der Waals surface area (Å²) in [4.78, 5) is 37.0. The monoisotopic (exact) mass is 475 g/mol. The lowest BCUT2D eigenvalue weighted by Gasteiger charge is -2.36. The van der Waals surface area contributed by atoms with E-state index >= 15 is 0 Å². The zero-order valence-electron chi connectivity index (χ0n) is 21.6. The molecule has 1 N–H and O–H groups in total. The van der Waals surface area contributed by atoms with Gasteiger partial charge in [0.15, 0.2) is 0 Å². The molecule has 182 valence electrons. The highest BCUT2D eigenvalue weighted by Gasteiger charge is 2.42. The van der Waals surface area contributed by atoms with E-state index in [1.165, 1.54) is 0 Å². The summed E-state index contributed by atoms with van der Waals surface area (Å²) in [6.07, 6.45) is 1.17. The van der Waals surface area contributed by atoms with Crippen molar-refractivity contribution in [1.82, 2.24) is 5.32 Å². The average molecular weight is 476 g/mol. The third kappa shape index (κ3) is 10.2. The second-order valence-electron chi connectivity index (χ2n) is 11.1. The van der Waals surface area contributed by atoms with E-state index in [1.807, 2.05) is 47.0 Å². The summed E-state index contributed by atoms with van der Waals surface area (Å²) in [7, 11) is -4.46. The van der Waals surface area contributed by atoms with Crippen LogP contribution in [0.2, 0.25) is 36.3 Å². The predicted octanol–water partition coefficient (Wildman–Crippen LogP) is 5.76. The lowest BCUT2D eigenvalue weighted by atomic mass is 10.1. The van der Waals surface area contributed by atoms with E-state index in [0.717, 1.165) is 0 Å². The van der Waals surface area contributed by atoms with Gasteiger partial charge in [0.05, 0.1) is 6.61 Å². The zero-order chi connectivity index (χ0) is 24.7. The lowest BCUT2D eigenvalue weighted by Crippen LogP contribution is -2.49. The molecule has 1 atom stereocenters. The second kappa shape index (κ2) is 11.5. The molecule has 0 aromatic carbocycles. The fraction of sp³-hybridized carbons (Fsp3) is 0.864. The first-order valence-electron chi connectivity index (χ1n) is 11.2. The maximum atomic E-state index is 12.8. The molecule has 0 fully saturated rings. The Hall–Kier alpha value is -1.36. The van der Waals surface area contributed by atoms with Gasteiger partial charge in [0, 0.05) is 6.42 Å². The molecular formula is C22H45NO6Si2. The Morgan fingerprint density at radius 3 is 1.77 bits per heavy atom. The van der Waals surface area contributed by atoms with E-state index < -0.39 is 34.7 Å². The number of amides is 1. The fourth-order valence-corrected chi connectivity index (χ4v) is 4.08. The molecule has 1 amide bonds. The van der Waals surface area contributed by atoms with Crippen LogP contribution in [-0.4, -0.2) is 47.3 Å². The average Bonchev–Trinajstić information content (AvgIpc) is 2.54. The van der Waals surface area contributed by atoms with Crippen molar-refractivity contribution in [1.29, 1.82) is 0 Å². The van der Waals surface area contributed by atoms with Crippen LogP contribution in [0.1, 0.15) is 74.1 Å². The van der Waals surface area contributed by atoms with Crippen LogP contribution in [0.15, 0.2) is 0 Å². The molecule has 0 spiro atoms. The van der Waals surface area contributed by atoms with E-state index in [9.17, 15) is 14.4 Å². The molecule has 0 aliphatic rings. The number of hydrogen-bond acceptors (Lipinski definition) is 6. The summed E-state index contributed by atoms with van der Waals surface area (Å²) < 4.78 is 16.6. The highest BCUT2D eigenvalue weighted by Crippen LogP contribution is 2.37. The van der Waals surface area contributed by atoms with Crippen molar-refractivity contribution in [3.05, 3.63) is 0 Å². The summed E-state index contributed by atoms with van der Waals surface area (Å²) in [6.45, 7) is 22.4. The number of carbonyl (C=O) groups is 3. The van der Waals surface area contributed by atoms with Gasteiger partial charge in [0.25, 0.3) is 22.6 Å². The highest BCUT2D eigenvalue weighted by molar-refractivity contribution is 6.75. The summed E-state index contributed by atoms with van der Waals surface area (Å²) >= 11 is 0. The number of ether oxygens (including phenoxy) is 1. The molecular weight excluding hydrogens is 430 g/mol. The van der Waals surface area contributed by atoms with Crippen molar-refractivity contribution in [2.75, 3.05) is 6.61 Å². The Morgan fingerprint density at radius 1 is 0.839 bits per heavy atom. The Labute approximate surface area is 191 Å². The molecule has 31 heavy (non-hydrogen) atoms. The summed E-state index contributed by atoms with van der Waals surface area (Å²) in [5, 5.41) is 2.44. The number of hydrogen-bond donors (Lipinski definition) is 1. The van der Waals surface area contributed by atoms with Crippen LogP contribution in [-0.2, 0) is 23.2 Å². The first kappa shape index (κ1) is 29.6. The SMILES string of the molecule is CCOC(=O)NC(CCCCC(=O)O[Si](C)(C)C(C)(C)C)C(=O)O[Si](C)(C)C(C)(C)C. The maximum absolute atomic E-state index is 12.8. The van der Waals surface area contributed by atoms with Gasteiger partial charge < -0.3 is 18.9 Å². The van der Waals surface area contributed by atoms with Crippen molar-refractivity contribution >= 4 is 34.7 Å². The molecule has 0 aliphatic carbocycles. The zero-order valence-corrected chi connectivity index (χ0v) is 23.6. The Morgan fingerprint density at radius 2 is 1.32 bits per heavy atom. The van der Waals surface area contributed by atoms with Crippen LogP contribution in [0.4, 0.5) is 4.79 Å². The van der Waals surface area contributed by atoms with Gasteiger partial charge >= 0.3 is 12.1 Å². The minimum atomic E-state index is -2.32. The molecule has 7 nitrogen and oxygen atoms in total. The standard InChI is InChI=1S/C22H45NO6Si2/c1-12-27-20(26)23-17(19(25)29-31(10,11)22(5,6)7)15-13-14-16-18(24)28-30(8,9)21(2,3)4/h17H,12-16H2,1-11H3,(H,23,26). The highest BCUT2D eigenvalue weighted by atomic mass is 28.4. The molecule has 0 radical (unpaired) electrons. The van der Waals surface area contributed by atoms with E-state index in [1.54, 1.807) is 6.92 Å². The maximum Gasteiger partial charge on any atom is 0.407 e. The third-order valence-corrected chi connectivity index (χ3v) is 15.0. The van der Waals surface area contributed by atoms with Gasteiger partial charge in [0.2, 0.25) is 0 Å². The van der Waals surface area contributed by atoms with Crippen molar-refractivity contribution in [3.8, 4) is 0 Å². The summed E-state index contributed by atoms with van der Waals surface area (Å²) in [6, 6.07) is -0.801. The lowest BCUT2D eigenvalue weighted by molar-refractivity contribution is -0.138. The minimum absolute atomic E-state index is 0.0369. The van der Waals surface area contributed by atoms with Crippen LogP contribution >= 0.6 is 0 Å². The van der Waals surface area contributed by atoms with Crippen molar-refractivity contribution in [2.24, 2.45) is 0 Å². The first-order valence-corrected chi connectivity index (χ1v) is 17.0. The number of rotatable bonds is 10. The second-order valence-corrected chi connectivity index (χ2v) is 20.5. The minimum Gasteiger partial charge on any atom is -0.519 e. The molecule has 0 aliphatic heterocycles. The number of unbranched alkanes of at least 4 members (excludes halogenated alkanes) is 1. The van der Waals surface area contributed by atoms with Crippen molar-refractivity contribution < 1.29 is 28.0 Å². The van der Waals surface area contributed by atoms with Gasteiger partial charge in [-0.15, -0.1) is 0 Å².